The smallest absolute Gasteiger partial charge is 0.303 e. The molecule has 2 amide bonds. The van der Waals surface area contributed by atoms with Crippen molar-refractivity contribution in [2.45, 2.75) is 39.2 Å². The molecule has 1 atom stereocenters. The molecule has 1 fully saturated rings. The van der Waals surface area contributed by atoms with E-state index in [2.05, 4.69) is 5.32 Å². The van der Waals surface area contributed by atoms with Gasteiger partial charge in [-0.3, -0.25) is 14.4 Å². The van der Waals surface area contributed by atoms with Gasteiger partial charge in [0.05, 0.1) is 17.1 Å². The number of hydrogen-bond acceptors (Lipinski definition) is 3. The summed E-state index contributed by atoms with van der Waals surface area (Å²) in [6.07, 6.45) is 0.440. The summed E-state index contributed by atoms with van der Waals surface area (Å²) in [4.78, 5) is 37.0. The van der Waals surface area contributed by atoms with Crippen molar-refractivity contribution < 1.29 is 19.5 Å². The summed E-state index contributed by atoms with van der Waals surface area (Å²) >= 11 is 6.12. The van der Waals surface area contributed by atoms with E-state index in [-0.39, 0.29) is 24.7 Å². The van der Waals surface area contributed by atoms with Gasteiger partial charge in [0.25, 0.3) is 0 Å². The molecule has 6 nitrogen and oxygen atoms in total. The largest absolute Gasteiger partial charge is 0.481 e. The van der Waals surface area contributed by atoms with E-state index in [4.69, 9.17) is 16.7 Å². The Morgan fingerprint density at radius 3 is 2.62 bits per heavy atom. The van der Waals surface area contributed by atoms with Crippen LogP contribution in [0.1, 0.15) is 33.1 Å². The van der Waals surface area contributed by atoms with Crippen LogP contribution in [0.25, 0.3) is 0 Å². The van der Waals surface area contributed by atoms with E-state index in [0.717, 1.165) is 0 Å². The molecule has 130 valence electrons. The molecule has 1 aliphatic heterocycles. The van der Waals surface area contributed by atoms with Crippen LogP contribution in [0.4, 0.5) is 5.69 Å². The Labute approximate surface area is 145 Å². The number of carbonyl (C=O) groups excluding carboxylic acids is 2. The first kappa shape index (κ1) is 18.3. The number of nitrogens with zero attached hydrogens (tertiary/aromatic N) is 1. The number of benzene rings is 1. The van der Waals surface area contributed by atoms with Gasteiger partial charge in [0.15, 0.2) is 0 Å². The van der Waals surface area contributed by atoms with Gasteiger partial charge in [0, 0.05) is 13.0 Å². The molecule has 0 unspecified atom stereocenters. The maximum Gasteiger partial charge on any atom is 0.303 e. The lowest BCUT2D eigenvalue weighted by Gasteiger charge is -2.23. The van der Waals surface area contributed by atoms with Crippen molar-refractivity contribution in [1.29, 1.82) is 0 Å². The number of nitrogens with one attached hydrogen (secondary N) is 1. The third-order valence-electron chi connectivity index (χ3n) is 3.95. The lowest BCUT2D eigenvalue weighted by molar-refractivity contribution is -0.140. The van der Waals surface area contributed by atoms with Crippen LogP contribution < -0.4 is 10.2 Å². The maximum atomic E-state index is 12.5. The van der Waals surface area contributed by atoms with Crippen LogP contribution in [0, 0.1) is 5.41 Å². The van der Waals surface area contributed by atoms with Gasteiger partial charge in [0.1, 0.15) is 6.04 Å². The predicted molar refractivity (Wildman–Crippen MR) is 91.0 cm³/mol. The summed E-state index contributed by atoms with van der Waals surface area (Å²) in [5.74, 6) is -1.47. The fourth-order valence-electron chi connectivity index (χ4n) is 2.88. The van der Waals surface area contributed by atoms with Gasteiger partial charge >= 0.3 is 5.97 Å². The van der Waals surface area contributed by atoms with Gasteiger partial charge in [-0.05, 0) is 24.0 Å². The number of anilines is 1. The topological polar surface area (TPSA) is 86.7 Å². The van der Waals surface area contributed by atoms with Gasteiger partial charge in [-0.2, -0.15) is 0 Å². The average Bonchev–Trinajstić information content (AvgIpc) is 2.78. The highest BCUT2D eigenvalue weighted by Gasteiger charge is 2.35. The van der Waals surface area contributed by atoms with Crippen LogP contribution in [-0.4, -0.2) is 35.5 Å². The van der Waals surface area contributed by atoms with Gasteiger partial charge in [-0.1, -0.05) is 37.6 Å². The van der Waals surface area contributed by atoms with Gasteiger partial charge < -0.3 is 15.3 Å². The molecule has 0 bridgehead atoms. The Morgan fingerprint density at radius 1 is 1.33 bits per heavy atom. The minimum atomic E-state index is -0.949. The summed E-state index contributed by atoms with van der Waals surface area (Å²) < 4.78 is 0. The number of hydrogen-bond donors (Lipinski definition) is 2. The van der Waals surface area contributed by atoms with Crippen molar-refractivity contribution in [2.75, 3.05) is 11.4 Å². The highest BCUT2D eigenvalue weighted by atomic mass is 35.5. The molecule has 24 heavy (non-hydrogen) atoms. The number of carbonyl (C=O) groups is 3. The minimum Gasteiger partial charge on any atom is -0.481 e. The third-order valence-corrected chi connectivity index (χ3v) is 4.27. The molecule has 2 rings (SSSR count). The van der Waals surface area contributed by atoms with E-state index in [1.54, 1.807) is 43.0 Å². The van der Waals surface area contributed by atoms with E-state index >= 15 is 0 Å². The van der Waals surface area contributed by atoms with Crippen molar-refractivity contribution in [2.24, 2.45) is 5.41 Å². The normalized spacial score (nSPS) is 17.9. The molecule has 7 heteroatoms. The highest BCUT2D eigenvalue weighted by molar-refractivity contribution is 6.34. The monoisotopic (exact) mass is 352 g/mol. The molecule has 2 N–H and O–H groups in total. The standard InChI is InChI=1S/C17H21ClN2O4/c1-17(2,10-15(22)23)9-14(21)19-12-7-8-20(16(12)24)13-6-4-3-5-11(13)18/h3-6,12H,7-10H2,1-2H3,(H,19,21)(H,22,23)/t12-/m0/s1. The molecular weight excluding hydrogens is 332 g/mol. The zero-order chi connectivity index (χ0) is 17.9. The molecule has 1 aliphatic rings. The van der Waals surface area contributed by atoms with Crippen LogP contribution in [-0.2, 0) is 14.4 Å². The zero-order valence-corrected chi connectivity index (χ0v) is 14.5. The van der Waals surface area contributed by atoms with Crippen molar-refractivity contribution in [3.05, 3.63) is 29.3 Å². The van der Waals surface area contributed by atoms with Crippen molar-refractivity contribution >= 4 is 35.1 Å². The summed E-state index contributed by atoms with van der Waals surface area (Å²) in [5.41, 5.74) is -0.0351. The Hall–Kier alpha value is -2.08. The third kappa shape index (κ3) is 4.47. The number of carboxylic acids is 1. The second-order valence-corrected chi connectivity index (χ2v) is 7.17. The molecule has 1 saturated heterocycles. The average molecular weight is 353 g/mol. The van der Waals surface area contributed by atoms with Crippen LogP contribution in [0.2, 0.25) is 5.02 Å². The van der Waals surface area contributed by atoms with Crippen LogP contribution in [0.5, 0.6) is 0 Å². The maximum absolute atomic E-state index is 12.5. The first-order valence-corrected chi connectivity index (χ1v) is 8.14. The SMILES string of the molecule is CC(C)(CC(=O)O)CC(=O)N[C@H]1CCN(c2ccccc2Cl)C1=O. The second kappa shape index (κ2) is 7.21. The molecule has 1 aromatic rings. The zero-order valence-electron chi connectivity index (χ0n) is 13.7. The predicted octanol–water partition coefficient (Wildman–Crippen LogP) is 2.45. The number of halogens is 1. The molecule has 0 aliphatic carbocycles. The number of aliphatic carboxylic acids is 1. The summed E-state index contributed by atoms with van der Waals surface area (Å²) in [6, 6.07) is 6.46. The molecular formula is C17H21ClN2O4. The lowest BCUT2D eigenvalue weighted by atomic mass is 9.85. The van der Waals surface area contributed by atoms with E-state index in [1.165, 1.54) is 0 Å². The first-order valence-electron chi connectivity index (χ1n) is 7.77. The van der Waals surface area contributed by atoms with Crippen LogP contribution in [0.15, 0.2) is 24.3 Å². The fraction of sp³-hybridized carbons (Fsp3) is 0.471. The van der Waals surface area contributed by atoms with Crippen molar-refractivity contribution in [3.63, 3.8) is 0 Å². The Morgan fingerprint density at radius 2 is 2.00 bits per heavy atom. The molecule has 0 radical (unpaired) electrons. The fourth-order valence-corrected chi connectivity index (χ4v) is 3.11. The van der Waals surface area contributed by atoms with E-state index < -0.39 is 17.4 Å². The molecule has 1 heterocycles. The van der Waals surface area contributed by atoms with Gasteiger partial charge in [-0.15, -0.1) is 0 Å². The molecule has 0 saturated carbocycles. The second-order valence-electron chi connectivity index (χ2n) is 6.76. The van der Waals surface area contributed by atoms with Crippen LogP contribution in [0.3, 0.4) is 0 Å². The molecule has 0 spiro atoms. The molecule has 0 aromatic heterocycles. The van der Waals surface area contributed by atoms with Gasteiger partial charge in [0.2, 0.25) is 11.8 Å². The first-order chi connectivity index (χ1) is 11.2. The van der Waals surface area contributed by atoms with Gasteiger partial charge in [-0.25, -0.2) is 0 Å². The summed E-state index contributed by atoms with van der Waals surface area (Å²) in [5, 5.41) is 12.1. The van der Waals surface area contributed by atoms with E-state index in [1.807, 2.05) is 0 Å². The Balaban J connectivity index is 1.97. The number of carboxylic acid groups (broad SMARTS) is 1. The quantitative estimate of drug-likeness (QED) is 0.823. The lowest BCUT2D eigenvalue weighted by Crippen LogP contribution is -2.43. The Kier molecular flexibility index (Phi) is 5.49. The minimum absolute atomic E-state index is 0.0508. The van der Waals surface area contributed by atoms with E-state index in [9.17, 15) is 14.4 Å². The Bertz CT molecular complexity index is 660. The van der Waals surface area contributed by atoms with Crippen molar-refractivity contribution in [3.8, 4) is 0 Å². The van der Waals surface area contributed by atoms with Crippen molar-refractivity contribution in [1.82, 2.24) is 5.32 Å². The number of para-hydroxylation sites is 1. The highest BCUT2D eigenvalue weighted by Crippen LogP contribution is 2.29. The van der Waals surface area contributed by atoms with Crippen LogP contribution >= 0.6 is 11.6 Å². The summed E-state index contributed by atoms with van der Waals surface area (Å²) in [7, 11) is 0. The summed E-state index contributed by atoms with van der Waals surface area (Å²) in [6.45, 7) is 3.91. The molecule has 1 aromatic carbocycles. The number of rotatable bonds is 6. The van der Waals surface area contributed by atoms with E-state index in [0.29, 0.717) is 23.7 Å². The number of amides is 2.